The fourth-order valence-corrected chi connectivity index (χ4v) is 3.10. The van der Waals surface area contributed by atoms with E-state index in [1.807, 2.05) is 31.2 Å². The van der Waals surface area contributed by atoms with Crippen LogP contribution in [0.5, 0.6) is 5.75 Å². The number of anilines is 2. The molecular formula is C20H21ClN2O3. The first kappa shape index (κ1) is 18.3. The third-order valence-corrected chi connectivity index (χ3v) is 4.68. The Morgan fingerprint density at radius 3 is 2.62 bits per heavy atom. The highest BCUT2D eigenvalue weighted by Crippen LogP contribution is 2.40. The molecule has 1 heterocycles. The van der Waals surface area contributed by atoms with E-state index in [2.05, 4.69) is 5.32 Å². The molecule has 0 fully saturated rings. The van der Waals surface area contributed by atoms with Crippen LogP contribution in [0.25, 0.3) is 0 Å². The zero-order valence-electron chi connectivity index (χ0n) is 15.2. The number of amides is 2. The Morgan fingerprint density at radius 1 is 1.23 bits per heavy atom. The Morgan fingerprint density at radius 2 is 1.92 bits per heavy atom. The third kappa shape index (κ3) is 3.27. The van der Waals surface area contributed by atoms with Gasteiger partial charge in [0.2, 0.25) is 5.91 Å². The van der Waals surface area contributed by atoms with Crippen LogP contribution in [0, 0.1) is 6.92 Å². The van der Waals surface area contributed by atoms with E-state index in [4.69, 9.17) is 16.3 Å². The van der Waals surface area contributed by atoms with Crippen molar-refractivity contribution in [3.05, 3.63) is 53.1 Å². The molecule has 1 N–H and O–H groups in total. The number of fused-ring (bicyclic) bond motifs is 1. The van der Waals surface area contributed by atoms with Gasteiger partial charge in [-0.3, -0.25) is 14.5 Å². The minimum absolute atomic E-state index is 0.281. The topological polar surface area (TPSA) is 58.6 Å². The van der Waals surface area contributed by atoms with Crippen molar-refractivity contribution in [1.29, 1.82) is 0 Å². The summed E-state index contributed by atoms with van der Waals surface area (Å²) in [5.41, 5.74) is 1.09. The number of nitrogens with zero attached hydrogens (tertiary/aromatic N) is 1. The van der Waals surface area contributed by atoms with E-state index in [1.165, 1.54) is 4.90 Å². The summed E-state index contributed by atoms with van der Waals surface area (Å²) in [6.45, 7) is 6.98. The quantitative estimate of drug-likeness (QED) is 0.879. The number of para-hydroxylation sites is 1. The monoisotopic (exact) mass is 372 g/mol. The van der Waals surface area contributed by atoms with E-state index >= 15 is 0 Å². The number of nitrogens with one attached hydrogen (secondary N) is 1. The summed E-state index contributed by atoms with van der Waals surface area (Å²) in [6, 6.07) is 11.8. The van der Waals surface area contributed by atoms with Crippen LogP contribution in [-0.4, -0.2) is 23.5 Å². The van der Waals surface area contributed by atoms with Gasteiger partial charge in [-0.1, -0.05) is 29.8 Å². The maximum Gasteiger partial charge on any atom is 0.271 e. The predicted molar refractivity (Wildman–Crippen MR) is 103 cm³/mol. The summed E-state index contributed by atoms with van der Waals surface area (Å²) in [5.74, 6) is -0.0504. The Labute approximate surface area is 157 Å². The van der Waals surface area contributed by atoms with E-state index in [1.54, 1.807) is 39.0 Å². The van der Waals surface area contributed by atoms with Gasteiger partial charge < -0.3 is 10.1 Å². The summed E-state index contributed by atoms with van der Waals surface area (Å²) in [5, 5.41) is 3.36. The van der Waals surface area contributed by atoms with Gasteiger partial charge in [0.25, 0.3) is 5.91 Å². The molecule has 1 atom stereocenters. The molecule has 26 heavy (non-hydrogen) atoms. The number of rotatable bonds is 3. The molecule has 0 spiro atoms. The lowest BCUT2D eigenvalue weighted by atomic mass is 10.0. The molecular weight excluding hydrogens is 352 g/mol. The summed E-state index contributed by atoms with van der Waals surface area (Å²) in [7, 11) is 0. The fraction of sp³-hybridized carbons (Fsp3) is 0.300. The molecule has 1 aliphatic heterocycles. The SMILES string of the molecule is Cc1ccccc1NC(=O)C(C)N1C(=O)C(C)(C)Oc2ccc(Cl)cc21. The number of carbonyl (C=O) groups is 2. The molecule has 5 nitrogen and oxygen atoms in total. The van der Waals surface area contributed by atoms with Gasteiger partial charge in [-0.15, -0.1) is 0 Å². The average Bonchev–Trinajstić information content (AvgIpc) is 2.58. The van der Waals surface area contributed by atoms with Crippen LogP contribution in [0.3, 0.4) is 0 Å². The van der Waals surface area contributed by atoms with Gasteiger partial charge in [-0.25, -0.2) is 0 Å². The highest BCUT2D eigenvalue weighted by atomic mass is 35.5. The molecule has 2 aromatic rings. The summed E-state index contributed by atoms with van der Waals surface area (Å²) >= 11 is 6.10. The van der Waals surface area contributed by atoms with E-state index in [9.17, 15) is 9.59 Å². The van der Waals surface area contributed by atoms with Crippen molar-refractivity contribution in [2.24, 2.45) is 0 Å². The molecule has 6 heteroatoms. The second kappa shape index (κ2) is 6.65. The second-order valence-electron chi connectivity index (χ2n) is 6.88. The van der Waals surface area contributed by atoms with E-state index in [0.29, 0.717) is 16.5 Å². The normalized spacial score (nSPS) is 16.5. The van der Waals surface area contributed by atoms with E-state index in [0.717, 1.165) is 11.3 Å². The first-order chi connectivity index (χ1) is 12.2. The van der Waals surface area contributed by atoms with Crippen LogP contribution in [0.15, 0.2) is 42.5 Å². The van der Waals surface area contributed by atoms with Crippen LogP contribution in [0.1, 0.15) is 26.3 Å². The average molecular weight is 373 g/mol. The number of hydrogen-bond acceptors (Lipinski definition) is 3. The van der Waals surface area contributed by atoms with Gasteiger partial charge in [0.05, 0.1) is 5.69 Å². The molecule has 136 valence electrons. The molecule has 0 aromatic heterocycles. The van der Waals surface area contributed by atoms with Crippen molar-refractivity contribution in [2.45, 2.75) is 39.3 Å². The van der Waals surface area contributed by atoms with E-state index in [-0.39, 0.29) is 11.8 Å². The molecule has 0 saturated heterocycles. The zero-order chi connectivity index (χ0) is 19.1. The highest BCUT2D eigenvalue weighted by molar-refractivity contribution is 6.31. The number of hydrogen-bond donors (Lipinski definition) is 1. The van der Waals surface area contributed by atoms with Gasteiger partial charge in [-0.05, 0) is 57.5 Å². The maximum absolute atomic E-state index is 13.0. The number of halogens is 1. The molecule has 0 bridgehead atoms. The Balaban J connectivity index is 1.96. The van der Waals surface area contributed by atoms with Crippen molar-refractivity contribution in [3.8, 4) is 5.75 Å². The summed E-state index contributed by atoms with van der Waals surface area (Å²) in [4.78, 5) is 27.3. The lowest BCUT2D eigenvalue weighted by molar-refractivity contribution is -0.134. The first-order valence-corrected chi connectivity index (χ1v) is 8.77. The summed E-state index contributed by atoms with van der Waals surface area (Å²) in [6.07, 6.45) is 0. The van der Waals surface area contributed by atoms with Crippen LogP contribution in [-0.2, 0) is 9.59 Å². The number of aryl methyl sites for hydroxylation is 1. The van der Waals surface area contributed by atoms with Crippen LogP contribution in [0.2, 0.25) is 5.02 Å². The lowest BCUT2D eigenvalue weighted by Crippen LogP contribution is -2.57. The Bertz CT molecular complexity index is 879. The van der Waals surface area contributed by atoms with Crippen LogP contribution >= 0.6 is 11.6 Å². The standard InChI is InChI=1S/C20H21ClN2O3/c1-12-7-5-6-8-15(12)22-18(24)13(2)23-16-11-14(21)9-10-17(16)26-20(3,4)19(23)25/h5-11,13H,1-4H3,(H,22,24). The largest absolute Gasteiger partial charge is 0.476 e. The van der Waals surface area contributed by atoms with Gasteiger partial charge in [-0.2, -0.15) is 0 Å². The highest BCUT2D eigenvalue weighted by Gasteiger charge is 2.44. The van der Waals surface area contributed by atoms with Gasteiger partial charge in [0.1, 0.15) is 11.8 Å². The molecule has 0 radical (unpaired) electrons. The minimum atomic E-state index is -1.07. The molecule has 0 aliphatic carbocycles. The summed E-state index contributed by atoms with van der Waals surface area (Å²) < 4.78 is 5.80. The molecule has 0 saturated carbocycles. The number of benzene rings is 2. The molecule has 2 amide bonds. The van der Waals surface area contributed by atoms with Crippen molar-refractivity contribution in [2.75, 3.05) is 10.2 Å². The van der Waals surface area contributed by atoms with Crippen molar-refractivity contribution < 1.29 is 14.3 Å². The molecule has 1 aliphatic rings. The molecule has 1 unspecified atom stereocenters. The number of ether oxygens (including phenoxy) is 1. The zero-order valence-corrected chi connectivity index (χ0v) is 15.9. The van der Waals surface area contributed by atoms with Gasteiger partial charge in [0.15, 0.2) is 5.60 Å². The Kier molecular flexibility index (Phi) is 4.67. The van der Waals surface area contributed by atoms with Crippen LogP contribution in [0.4, 0.5) is 11.4 Å². The van der Waals surface area contributed by atoms with Crippen molar-refractivity contribution in [3.63, 3.8) is 0 Å². The molecule has 3 rings (SSSR count). The maximum atomic E-state index is 13.0. The van der Waals surface area contributed by atoms with Crippen molar-refractivity contribution in [1.82, 2.24) is 0 Å². The number of carbonyl (C=O) groups excluding carboxylic acids is 2. The van der Waals surface area contributed by atoms with Gasteiger partial charge in [0, 0.05) is 10.7 Å². The third-order valence-electron chi connectivity index (χ3n) is 4.45. The van der Waals surface area contributed by atoms with Gasteiger partial charge >= 0.3 is 0 Å². The van der Waals surface area contributed by atoms with E-state index < -0.39 is 11.6 Å². The lowest BCUT2D eigenvalue weighted by Gasteiger charge is -2.41. The Hall–Kier alpha value is -2.53. The van der Waals surface area contributed by atoms with Crippen molar-refractivity contribution >= 4 is 34.8 Å². The fourth-order valence-electron chi connectivity index (χ4n) is 2.94. The smallest absolute Gasteiger partial charge is 0.271 e. The predicted octanol–water partition coefficient (Wildman–Crippen LogP) is 4.18. The van der Waals surface area contributed by atoms with Crippen LogP contribution < -0.4 is 15.0 Å². The first-order valence-electron chi connectivity index (χ1n) is 8.39. The second-order valence-corrected chi connectivity index (χ2v) is 7.32. The molecule has 2 aromatic carbocycles. The minimum Gasteiger partial charge on any atom is -0.476 e.